The van der Waals surface area contributed by atoms with Crippen molar-refractivity contribution in [1.82, 2.24) is 16.0 Å². The van der Waals surface area contributed by atoms with Crippen molar-refractivity contribution in [3.05, 3.63) is 0 Å². The zero-order chi connectivity index (χ0) is 35.7. The molecule has 0 aliphatic heterocycles. The molecule has 48 heavy (non-hydrogen) atoms. The predicted octanol–water partition coefficient (Wildman–Crippen LogP) is 3.53. The number of unbranched alkanes of at least 4 members (excludes halogenated alkanes) is 13. The Morgan fingerprint density at radius 2 is 0.958 bits per heavy atom. The molecule has 1 atom stereocenters. The van der Waals surface area contributed by atoms with Crippen molar-refractivity contribution in [3.63, 3.8) is 0 Å². The minimum Gasteiger partial charge on any atom is -0.481 e. The van der Waals surface area contributed by atoms with Crippen LogP contribution in [0, 0.1) is 0 Å². The first-order chi connectivity index (χ1) is 23.1. The number of nitrogens with one attached hydrogen (secondary N) is 3. The maximum absolute atomic E-state index is 12.0. The van der Waals surface area contributed by atoms with Crippen LogP contribution in [0.1, 0.15) is 122 Å². The van der Waals surface area contributed by atoms with Crippen molar-refractivity contribution < 1.29 is 53.2 Å². The van der Waals surface area contributed by atoms with Crippen molar-refractivity contribution in [2.45, 2.75) is 129 Å². The van der Waals surface area contributed by atoms with E-state index >= 15 is 0 Å². The number of carboxylic acids is 2. The molecule has 5 N–H and O–H groups in total. The highest BCUT2D eigenvalue weighted by Crippen LogP contribution is 2.13. The van der Waals surface area contributed by atoms with Gasteiger partial charge in [0.15, 0.2) is 0 Å². The molecule has 0 rings (SSSR count). The van der Waals surface area contributed by atoms with Crippen LogP contribution in [0.5, 0.6) is 0 Å². The van der Waals surface area contributed by atoms with E-state index in [2.05, 4.69) is 16.0 Å². The van der Waals surface area contributed by atoms with Crippen molar-refractivity contribution in [2.24, 2.45) is 0 Å². The SMILES string of the molecule is CC(=O)CC[C@H](NC(=O)COCC(=O)NCCOCCOCCNC(=O)CCCCCCCCCCCCCCCCC(=O)O)C(=O)O. The fraction of sp³-hybridized carbons (Fsp3) is 0.824. The minimum atomic E-state index is -1.25. The van der Waals surface area contributed by atoms with Gasteiger partial charge in [0.2, 0.25) is 17.7 Å². The molecule has 14 heteroatoms. The lowest BCUT2D eigenvalue weighted by atomic mass is 10.0. The summed E-state index contributed by atoms with van der Waals surface area (Å²) in [5.41, 5.74) is 0. The van der Waals surface area contributed by atoms with E-state index in [1.807, 2.05) is 0 Å². The molecule has 0 saturated carbocycles. The number of carboxylic acid groups (broad SMARTS) is 2. The summed E-state index contributed by atoms with van der Waals surface area (Å²) in [4.78, 5) is 68.2. The van der Waals surface area contributed by atoms with Crippen LogP contribution in [-0.2, 0) is 43.0 Å². The van der Waals surface area contributed by atoms with Gasteiger partial charge in [-0.05, 0) is 26.2 Å². The molecule has 14 nitrogen and oxygen atoms in total. The van der Waals surface area contributed by atoms with Crippen LogP contribution in [0.2, 0.25) is 0 Å². The van der Waals surface area contributed by atoms with Crippen LogP contribution in [0.4, 0.5) is 0 Å². The minimum absolute atomic E-state index is 0.0228. The van der Waals surface area contributed by atoms with Crippen molar-refractivity contribution in [2.75, 3.05) is 52.7 Å². The van der Waals surface area contributed by atoms with E-state index in [-0.39, 0.29) is 44.3 Å². The fourth-order valence-electron chi connectivity index (χ4n) is 4.75. The Morgan fingerprint density at radius 1 is 0.521 bits per heavy atom. The maximum atomic E-state index is 12.0. The first-order valence-corrected chi connectivity index (χ1v) is 17.6. The summed E-state index contributed by atoms with van der Waals surface area (Å²) in [6, 6.07) is -1.20. The fourth-order valence-corrected chi connectivity index (χ4v) is 4.75. The summed E-state index contributed by atoms with van der Waals surface area (Å²) in [6.07, 6.45) is 16.9. The molecule has 3 amide bonds. The number of hydrogen-bond donors (Lipinski definition) is 5. The molecule has 0 aromatic heterocycles. The van der Waals surface area contributed by atoms with E-state index < -0.39 is 36.4 Å². The van der Waals surface area contributed by atoms with Crippen molar-refractivity contribution in [1.29, 1.82) is 0 Å². The molecule has 0 spiro atoms. The first kappa shape index (κ1) is 44.9. The number of Topliss-reactive ketones (excluding diaryl/α,β-unsaturated/α-hetero) is 1. The van der Waals surface area contributed by atoms with Crippen molar-refractivity contribution >= 4 is 35.4 Å². The van der Waals surface area contributed by atoms with E-state index in [0.29, 0.717) is 39.2 Å². The topological polar surface area (TPSA) is 207 Å². The molecule has 0 bridgehead atoms. The third-order valence-electron chi connectivity index (χ3n) is 7.44. The maximum Gasteiger partial charge on any atom is 0.326 e. The summed E-state index contributed by atoms with van der Waals surface area (Å²) in [5.74, 6) is -3.25. The smallest absolute Gasteiger partial charge is 0.326 e. The Bertz CT molecular complexity index is 902. The standard InChI is InChI=1S/C34H61N3O11/c1-28(38)18-19-29(34(44)45)37-32(41)27-48-26-31(40)36-21-23-47-25-24-46-22-20-35-30(39)16-14-12-10-8-6-4-2-3-5-7-9-11-13-15-17-33(42)43/h29H,2-27H2,1H3,(H,35,39)(H,36,40)(H,37,41)(H,42,43)(H,44,45)/t29-/m0/s1. The molecule has 0 fully saturated rings. The number of hydrogen-bond acceptors (Lipinski definition) is 9. The Morgan fingerprint density at radius 3 is 1.42 bits per heavy atom. The summed E-state index contributed by atoms with van der Waals surface area (Å²) in [7, 11) is 0. The van der Waals surface area contributed by atoms with Crippen LogP contribution in [0.25, 0.3) is 0 Å². The van der Waals surface area contributed by atoms with Crippen LogP contribution in [-0.4, -0.2) is 104 Å². The van der Waals surface area contributed by atoms with Gasteiger partial charge in [0.25, 0.3) is 0 Å². The predicted molar refractivity (Wildman–Crippen MR) is 179 cm³/mol. The molecule has 0 heterocycles. The molecular weight excluding hydrogens is 626 g/mol. The van der Waals surface area contributed by atoms with Gasteiger partial charge in [0.05, 0.1) is 26.4 Å². The van der Waals surface area contributed by atoms with Gasteiger partial charge in [-0.2, -0.15) is 0 Å². The summed E-state index contributed by atoms with van der Waals surface area (Å²) in [6.45, 7) is 2.45. The number of carbonyl (C=O) groups is 6. The first-order valence-electron chi connectivity index (χ1n) is 17.6. The molecule has 0 unspecified atom stereocenters. The molecule has 0 radical (unpaired) electrons. The van der Waals surface area contributed by atoms with Crippen LogP contribution in [0.3, 0.4) is 0 Å². The van der Waals surface area contributed by atoms with Gasteiger partial charge < -0.3 is 45.2 Å². The van der Waals surface area contributed by atoms with E-state index in [1.165, 1.54) is 58.3 Å². The van der Waals surface area contributed by atoms with Gasteiger partial charge >= 0.3 is 11.9 Å². The molecular formula is C34H61N3O11. The molecule has 0 aromatic rings. The average molecular weight is 688 g/mol. The largest absolute Gasteiger partial charge is 0.481 e. The summed E-state index contributed by atoms with van der Waals surface area (Å²) < 4.78 is 15.8. The van der Waals surface area contributed by atoms with Crippen LogP contribution < -0.4 is 16.0 Å². The Labute approximate surface area is 285 Å². The normalized spacial score (nSPS) is 11.5. The van der Waals surface area contributed by atoms with E-state index in [0.717, 1.165) is 38.5 Å². The number of ketones is 1. The van der Waals surface area contributed by atoms with Crippen LogP contribution >= 0.6 is 0 Å². The summed E-state index contributed by atoms with van der Waals surface area (Å²) >= 11 is 0. The molecule has 0 saturated heterocycles. The van der Waals surface area contributed by atoms with Gasteiger partial charge in [0, 0.05) is 32.4 Å². The number of carbonyl (C=O) groups excluding carboxylic acids is 4. The second-order valence-electron chi connectivity index (χ2n) is 12.0. The summed E-state index contributed by atoms with van der Waals surface area (Å²) in [5, 5.41) is 25.4. The third kappa shape index (κ3) is 32.8. The average Bonchev–Trinajstić information content (AvgIpc) is 3.03. The van der Waals surface area contributed by atoms with Gasteiger partial charge in [-0.1, -0.05) is 77.0 Å². The monoisotopic (exact) mass is 687 g/mol. The van der Waals surface area contributed by atoms with E-state index in [4.69, 9.17) is 24.4 Å². The number of rotatable bonds is 35. The lowest BCUT2D eigenvalue weighted by Gasteiger charge is -2.13. The zero-order valence-electron chi connectivity index (χ0n) is 29.0. The zero-order valence-corrected chi connectivity index (χ0v) is 29.0. The molecule has 278 valence electrons. The molecule has 0 aliphatic rings. The van der Waals surface area contributed by atoms with Gasteiger partial charge in [-0.3, -0.25) is 19.2 Å². The molecule has 0 aliphatic carbocycles. The quantitative estimate of drug-likeness (QED) is 0.0609. The highest BCUT2D eigenvalue weighted by molar-refractivity contribution is 5.85. The van der Waals surface area contributed by atoms with Crippen molar-refractivity contribution in [3.8, 4) is 0 Å². The highest BCUT2D eigenvalue weighted by atomic mass is 16.5. The Kier molecular flexibility index (Phi) is 30.4. The van der Waals surface area contributed by atoms with Gasteiger partial charge in [0.1, 0.15) is 25.0 Å². The second-order valence-corrected chi connectivity index (χ2v) is 12.0. The van der Waals surface area contributed by atoms with Gasteiger partial charge in [-0.25, -0.2) is 4.79 Å². The molecule has 0 aromatic carbocycles. The Hall–Kier alpha value is -3.10. The number of aliphatic carboxylic acids is 2. The number of amides is 3. The number of ether oxygens (including phenoxy) is 3. The second kappa shape index (κ2) is 32.4. The van der Waals surface area contributed by atoms with E-state index in [1.54, 1.807) is 0 Å². The third-order valence-corrected chi connectivity index (χ3v) is 7.44. The highest BCUT2D eigenvalue weighted by Gasteiger charge is 2.20. The Balaban J connectivity index is 3.44. The van der Waals surface area contributed by atoms with Gasteiger partial charge in [-0.15, -0.1) is 0 Å². The lowest BCUT2D eigenvalue weighted by Crippen LogP contribution is -2.43. The van der Waals surface area contributed by atoms with E-state index in [9.17, 15) is 28.8 Å². The lowest BCUT2D eigenvalue weighted by molar-refractivity contribution is -0.143. The van der Waals surface area contributed by atoms with Crippen LogP contribution in [0.15, 0.2) is 0 Å².